The second-order valence-electron chi connectivity index (χ2n) is 10.4. The molecule has 1 aliphatic carbocycles. The highest BCUT2D eigenvalue weighted by atomic mass is 35.5. The Morgan fingerprint density at radius 1 is 1.05 bits per heavy atom. The summed E-state index contributed by atoms with van der Waals surface area (Å²) in [6, 6.07) is 6.16. The number of nitrogens with zero attached hydrogens (tertiary/aromatic N) is 7. The number of hydrogen-bond acceptors (Lipinski definition) is 5. The summed E-state index contributed by atoms with van der Waals surface area (Å²) in [6.07, 6.45) is 4.64. The summed E-state index contributed by atoms with van der Waals surface area (Å²) in [4.78, 5) is 22.0. The van der Waals surface area contributed by atoms with Crippen LogP contribution in [0.1, 0.15) is 58.8 Å². The summed E-state index contributed by atoms with van der Waals surface area (Å²) < 4.78 is 61.1. The fourth-order valence-electron chi connectivity index (χ4n) is 5.48. The van der Waals surface area contributed by atoms with Crippen molar-refractivity contribution in [3.8, 4) is 22.6 Å². The molecule has 0 radical (unpaired) electrons. The minimum atomic E-state index is -2.75. The highest BCUT2D eigenvalue weighted by Crippen LogP contribution is 2.56. The Balaban J connectivity index is 1.42. The molecule has 1 fully saturated rings. The molecule has 13 heteroatoms. The van der Waals surface area contributed by atoms with Crippen LogP contribution in [0.2, 0.25) is 5.02 Å². The molecule has 216 valence electrons. The number of aryl methyl sites for hydroxylation is 4. The molecule has 8 nitrogen and oxygen atoms in total. The SMILES string of the molecule is Cc1nc(C)n(-c2cccc(-c3ncc(C)c(-n4c(C)cc([C@H]5C[C@@H]5c5cnn(C(F)F)c5)c(Cl)c4=O)c3F)c2F)n1. The van der Waals surface area contributed by atoms with E-state index in [1.165, 1.54) is 35.4 Å². The lowest BCUT2D eigenvalue weighted by Crippen LogP contribution is -2.24. The molecule has 6 rings (SSSR count). The monoisotopic (exact) mass is 597 g/mol. The molecule has 0 aliphatic heterocycles. The van der Waals surface area contributed by atoms with E-state index in [-0.39, 0.29) is 39.5 Å². The van der Waals surface area contributed by atoms with Gasteiger partial charge in [0.25, 0.3) is 5.56 Å². The fraction of sp³-hybridized carbons (Fsp3) is 0.276. The third-order valence-corrected chi connectivity index (χ3v) is 7.92. The lowest BCUT2D eigenvalue weighted by Gasteiger charge is -2.18. The van der Waals surface area contributed by atoms with Crippen LogP contribution in [0.15, 0.2) is 47.7 Å². The van der Waals surface area contributed by atoms with Gasteiger partial charge in [-0.15, -0.1) is 0 Å². The van der Waals surface area contributed by atoms with Gasteiger partial charge >= 0.3 is 6.55 Å². The normalized spacial score (nSPS) is 16.4. The van der Waals surface area contributed by atoms with E-state index in [9.17, 15) is 13.6 Å². The highest BCUT2D eigenvalue weighted by molar-refractivity contribution is 6.31. The largest absolute Gasteiger partial charge is 0.333 e. The molecule has 0 unspecified atom stereocenters. The molecule has 0 N–H and O–H groups in total. The van der Waals surface area contributed by atoms with Crippen LogP contribution in [0, 0.1) is 39.3 Å². The molecular weight excluding hydrogens is 574 g/mol. The van der Waals surface area contributed by atoms with Crippen molar-refractivity contribution in [1.82, 2.24) is 34.1 Å². The third-order valence-electron chi connectivity index (χ3n) is 7.54. The average Bonchev–Trinajstić information content (AvgIpc) is 3.42. The van der Waals surface area contributed by atoms with Crippen LogP contribution in [0.25, 0.3) is 22.6 Å². The standard InChI is InChI=1S/C29H24ClF4N7O/c1-13-10-35-26(18-6-5-7-22(24(18)31)41-16(4)37-15(3)38-41)25(32)27(13)40-14(2)8-21(23(30)28(40)42)20-9-19(20)17-11-36-39(12-17)29(33)34/h5-8,10-12,19-20,29H,9H2,1-4H3/t19-,20+/m1/s1. The molecule has 4 aromatic heterocycles. The Labute approximate surface area is 242 Å². The van der Waals surface area contributed by atoms with Crippen LogP contribution < -0.4 is 5.56 Å². The quantitative estimate of drug-likeness (QED) is 0.208. The van der Waals surface area contributed by atoms with Gasteiger partial charge in [-0.25, -0.2) is 23.1 Å². The zero-order valence-corrected chi connectivity index (χ0v) is 23.7. The topological polar surface area (TPSA) is 83.4 Å². The molecule has 0 saturated heterocycles. The van der Waals surface area contributed by atoms with Gasteiger partial charge in [0.05, 0.1) is 11.9 Å². The minimum absolute atomic E-state index is 0.0766. The van der Waals surface area contributed by atoms with Gasteiger partial charge in [0.2, 0.25) is 0 Å². The molecular formula is C29H24ClF4N7O. The maximum absolute atomic E-state index is 16.3. The second-order valence-corrected chi connectivity index (χ2v) is 10.8. The molecule has 42 heavy (non-hydrogen) atoms. The number of rotatable bonds is 6. The van der Waals surface area contributed by atoms with Crippen LogP contribution in [0.4, 0.5) is 17.6 Å². The van der Waals surface area contributed by atoms with Crippen molar-refractivity contribution in [3.63, 3.8) is 0 Å². The van der Waals surface area contributed by atoms with E-state index >= 15 is 8.78 Å². The van der Waals surface area contributed by atoms with Crippen molar-refractivity contribution in [2.75, 3.05) is 0 Å². The van der Waals surface area contributed by atoms with E-state index in [0.717, 1.165) is 4.57 Å². The van der Waals surface area contributed by atoms with E-state index in [4.69, 9.17) is 11.6 Å². The van der Waals surface area contributed by atoms with Crippen LogP contribution in [-0.2, 0) is 0 Å². The Hall–Kier alpha value is -4.32. The number of aromatic nitrogens is 7. The first kappa shape index (κ1) is 27.8. The van der Waals surface area contributed by atoms with Gasteiger partial charge in [0.15, 0.2) is 11.6 Å². The van der Waals surface area contributed by atoms with Gasteiger partial charge in [-0.1, -0.05) is 17.7 Å². The molecule has 5 aromatic rings. The van der Waals surface area contributed by atoms with E-state index in [0.29, 0.717) is 45.1 Å². The van der Waals surface area contributed by atoms with Gasteiger partial charge in [-0.3, -0.25) is 14.3 Å². The minimum Gasteiger partial charge on any atom is -0.277 e. The van der Waals surface area contributed by atoms with Gasteiger partial charge in [0.1, 0.15) is 28.1 Å². The first-order valence-corrected chi connectivity index (χ1v) is 13.4. The number of halogens is 5. The summed E-state index contributed by atoms with van der Waals surface area (Å²) in [5.74, 6) is -1.03. The number of alkyl halides is 2. The molecule has 2 atom stereocenters. The predicted octanol–water partition coefficient (Wildman–Crippen LogP) is 6.51. The Morgan fingerprint density at radius 3 is 2.48 bits per heavy atom. The summed E-state index contributed by atoms with van der Waals surface area (Å²) >= 11 is 6.57. The number of pyridine rings is 2. The zero-order valence-electron chi connectivity index (χ0n) is 22.9. The van der Waals surface area contributed by atoms with Gasteiger partial charge in [-0.2, -0.15) is 19.0 Å². The molecule has 1 aliphatic rings. The molecule has 1 aromatic carbocycles. The fourth-order valence-corrected chi connectivity index (χ4v) is 5.76. The van der Waals surface area contributed by atoms with Crippen molar-refractivity contribution in [1.29, 1.82) is 0 Å². The van der Waals surface area contributed by atoms with Crippen molar-refractivity contribution < 1.29 is 17.6 Å². The molecule has 0 spiro atoms. The van der Waals surface area contributed by atoms with Crippen LogP contribution in [-0.4, -0.2) is 34.1 Å². The first-order valence-electron chi connectivity index (χ1n) is 13.1. The molecule has 1 saturated carbocycles. The van der Waals surface area contributed by atoms with Crippen molar-refractivity contribution >= 4 is 11.6 Å². The number of hydrogen-bond donors (Lipinski definition) is 0. The lowest BCUT2D eigenvalue weighted by molar-refractivity contribution is 0.0565. The Bertz CT molecular complexity index is 1930. The lowest BCUT2D eigenvalue weighted by atomic mass is 10.0. The zero-order chi connectivity index (χ0) is 30.0. The van der Waals surface area contributed by atoms with Gasteiger partial charge < -0.3 is 0 Å². The molecule has 0 bridgehead atoms. The van der Waals surface area contributed by atoms with Crippen LogP contribution in [0.5, 0.6) is 0 Å². The van der Waals surface area contributed by atoms with Crippen LogP contribution in [0.3, 0.4) is 0 Å². The van der Waals surface area contributed by atoms with Gasteiger partial charge in [0, 0.05) is 23.7 Å². The molecule has 0 amide bonds. The van der Waals surface area contributed by atoms with E-state index in [2.05, 4.69) is 20.2 Å². The van der Waals surface area contributed by atoms with Gasteiger partial charge in [-0.05, 0) is 80.8 Å². The average molecular weight is 598 g/mol. The summed E-state index contributed by atoms with van der Waals surface area (Å²) in [6.45, 7) is 3.84. The van der Waals surface area contributed by atoms with E-state index in [1.807, 2.05) is 0 Å². The maximum Gasteiger partial charge on any atom is 0.333 e. The summed E-state index contributed by atoms with van der Waals surface area (Å²) in [7, 11) is 0. The Morgan fingerprint density at radius 2 is 1.81 bits per heavy atom. The molecule has 4 heterocycles. The Kier molecular flexibility index (Phi) is 6.76. The summed E-state index contributed by atoms with van der Waals surface area (Å²) in [5, 5.41) is 7.81. The van der Waals surface area contributed by atoms with E-state index in [1.54, 1.807) is 39.8 Å². The first-order chi connectivity index (χ1) is 20.0. The number of benzene rings is 1. The maximum atomic E-state index is 16.3. The van der Waals surface area contributed by atoms with Crippen molar-refractivity contribution in [2.45, 2.75) is 52.5 Å². The highest BCUT2D eigenvalue weighted by Gasteiger charge is 2.42. The van der Waals surface area contributed by atoms with Crippen LogP contribution >= 0.6 is 11.6 Å². The predicted molar refractivity (Wildman–Crippen MR) is 148 cm³/mol. The van der Waals surface area contributed by atoms with Crippen molar-refractivity contribution in [3.05, 3.63) is 104 Å². The van der Waals surface area contributed by atoms with Crippen molar-refractivity contribution in [2.24, 2.45) is 0 Å². The smallest absolute Gasteiger partial charge is 0.277 e. The third kappa shape index (κ3) is 4.50. The second kappa shape index (κ2) is 10.2. The summed E-state index contributed by atoms with van der Waals surface area (Å²) in [5.41, 5.74) is 0.846. The van der Waals surface area contributed by atoms with E-state index < -0.39 is 23.7 Å².